The summed E-state index contributed by atoms with van der Waals surface area (Å²) in [5.41, 5.74) is 2.96. The molecule has 0 saturated carbocycles. The summed E-state index contributed by atoms with van der Waals surface area (Å²) in [7, 11) is 0. The lowest BCUT2D eigenvalue weighted by Crippen LogP contribution is -2.46. The quantitative estimate of drug-likeness (QED) is 0.539. The summed E-state index contributed by atoms with van der Waals surface area (Å²) in [6, 6.07) is 10.1. The number of hydrogen-bond acceptors (Lipinski definition) is 8. The first-order valence-corrected chi connectivity index (χ1v) is 12.6. The molecule has 2 fully saturated rings. The highest BCUT2D eigenvalue weighted by Crippen LogP contribution is 2.33. The second-order valence-corrected chi connectivity index (χ2v) is 9.81. The average molecular weight is 463 g/mol. The van der Waals surface area contributed by atoms with Crippen LogP contribution in [0.1, 0.15) is 44.4 Å². The lowest BCUT2D eigenvalue weighted by molar-refractivity contribution is -0.0174. The molecule has 2 aliphatic heterocycles. The van der Waals surface area contributed by atoms with Crippen LogP contribution in [0.25, 0.3) is 10.4 Å². The van der Waals surface area contributed by atoms with E-state index in [0.29, 0.717) is 11.4 Å². The molecule has 0 spiro atoms. The van der Waals surface area contributed by atoms with Crippen LogP contribution in [0.2, 0.25) is 0 Å². The first kappa shape index (κ1) is 22.0. The number of hydrogen-bond donors (Lipinski definition) is 1. The van der Waals surface area contributed by atoms with Crippen molar-refractivity contribution in [2.75, 3.05) is 36.0 Å². The van der Waals surface area contributed by atoms with Gasteiger partial charge in [-0.05, 0) is 37.8 Å². The van der Waals surface area contributed by atoms with Crippen LogP contribution >= 0.6 is 11.3 Å². The molecule has 0 unspecified atom stereocenters. The number of rotatable bonds is 6. The van der Waals surface area contributed by atoms with E-state index in [4.69, 9.17) is 10.1 Å². The Labute approximate surface area is 199 Å². The van der Waals surface area contributed by atoms with E-state index in [1.807, 2.05) is 24.4 Å². The van der Waals surface area contributed by atoms with Crippen molar-refractivity contribution >= 4 is 28.0 Å². The molecule has 1 aromatic carbocycles. The van der Waals surface area contributed by atoms with Crippen molar-refractivity contribution in [2.24, 2.45) is 0 Å². The van der Waals surface area contributed by atoms with Crippen LogP contribution in [-0.4, -0.2) is 59.1 Å². The number of morpholine rings is 1. The van der Waals surface area contributed by atoms with Gasteiger partial charge in [0.15, 0.2) is 5.13 Å². The highest BCUT2D eigenvalue weighted by molar-refractivity contribution is 7.18. The van der Waals surface area contributed by atoms with Gasteiger partial charge >= 0.3 is 0 Å². The zero-order valence-electron chi connectivity index (χ0n) is 19.2. The van der Waals surface area contributed by atoms with E-state index in [-0.39, 0.29) is 12.2 Å². The van der Waals surface area contributed by atoms with Gasteiger partial charge in [0, 0.05) is 44.0 Å². The minimum Gasteiger partial charge on any atom is -0.372 e. The van der Waals surface area contributed by atoms with Crippen molar-refractivity contribution < 1.29 is 4.74 Å². The smallest absolute Gasteiger partial charge is 0.185 e. The van der Waals surface area contributed by atoms with Crippen LogP contribution in [0.4, 0.5) is 10.9 Å². The van der Waals surface area contributed by atoms with Crippen LogP contribution in [0.5, 0.6) is 0 Å². The SMILES string of the molecule is CC[C@@H]1CN(c2cc(C(=N)c3cccc(-c4cnc(N5CCCC5)s4)c3)ncn2)C[C@H](C)O1. The van der Waals surface area contributed by atoms with Gasteiger partial charge in [0.1, 0.15) is 12.1 Å². The molecule has 8 heteroatoms. The van der Waals surface area contributed by atoms with E-state index in [0.717, 1.165) is 59.6 Å². The van der Waals surface area contributed by atoms with Crippen molar-refractivity contribution in [1.82, 2.24) is 15.0 Å². The molecule has 5 rings (SSSR count). The van der Waals surface area contributed by atoms with Gasteiger partial charge in [0.25, 0.3) is 0 Å². The fourth-order valence-corrected chi connectivity index (χ4v) is 5.51. The highest BCUT2D eigenvalue weighted by atomic mass is 32.1. The first-order valence-electron chi connectivity index (χ1n) is 11.7. The average Bonchev–Trinajstić information content (AvgIpc) is 3.56. The van der Waals surface area contributed by atoms with Crippen molar-refractivity contribution in [3.05, 3.63) is 54.1 Å². The largest absolute Gasteiger partial charge is 0.372 e. The van der Waals surface area contributed by atoms with E-state index in [9.17, 15) is 0 Å². The zero-order valence-corrected chi connectivity index (χ0v) is 20.0. The van der Waals surface area contributed by atoms with Crippen LogP contribution in [0.3, 0.4) is 0 Å². The van der Waals surface area contributed by atoms with Crippen molar-refractivity contribution in [3.8, 4) is 10.4 Å². The van der Waals surface area contributed by atoms with Gasteiger partial charge in [-0.15, -0.1) is 0 Å². The number of benzene rings is 1. The van der Waals surface area contributed by atoms with Crippen molar-refractivity contribution in [2.45, 2.75) is 45.3 Å². The third kappa shape index (κ3) is 4.77. The Morgan fingerprint density at radius 2 is 1.97 bits per heavy atom. The number of anilines is 2. The summed E-state index contributed by atoms with van der Waals surface area (Å²) in [6.07, 6.45) is 7.33. The maximum Gasteiger partial charge on any atom is 0.185 e. The molecular weight excluding hydrogens is 432 g/mol. The monoisotopic (exact) mass is 462 g/mol. The van der Waals surface area contributed by atoms with Crippen molar-refractivity contribution in [3.63, 3.8) is 0 Å². The molecule has 0 radical (unpaired) electrons. The molecule has 172 valence electrons. The molecule has 4 heterocycles. The second kappa shape index (κ2) is 9.57. The van der Waals surface area contributed by atoms with E-state index in [2.05, 4.69) is 50.7 Å². The predicted molar refractivity (Wildman–Crippen MR) is 134 cm³/mol. The minimum atomic E-state index is 0.156. The number of aromatic nitrogens is 3. The lowest BCUT2D eigenvalue weighted by atomic mass is 10.0. The molecule has 0 amide bonds. The first-order chi connectivity index (χ1) is 16.1. The summed E-state index contributed by atoms with van der Waals surface area (Å²) < 4.78 is 5.99. The summed E-state index contributed by atoms with van der Waals surface area (Å²) >= 11 is 1.72. The van der Waals surface area contributed by atoms with Gasteiger partial charge in [-0.25, -0.2) is 15.0 Å². The fourth-order valence-electron chi connectivity index (χ4n) is 4.54. The molecule has 0 aliphatic carbocycles. The van der Waals surface area contributed by atoms with Crippen LogP contribution in [-0.2, 0) is 4.74 Å². The maximum atomic E-state index is 8.84. The van der Waals surface area contributed by atoms with Crippen LogP contribution in [0, 0.1) is 5.41 Å². The van der Waals surface area contributed by atoms with Gasteiger partial charge in [-0.3, -0.25) is 5.41 Å². The van der Waals surface area contributed by atoms with E-state index in [1.165, 1.54) is 12.8 Å². The zero-order chi connectivity index (χ0) is 22.8. The second-order valence-electron chi connectivity index (χ2n) is 8.80. The normalized spacial score (nSPS) is 20.9. The Balaban J connectivity index is 1.36. The molecule has 3 aromatic rings. The summed E-state index contributed by atoms with van der Waals surface area (Å²) in [6.45, 7) is 8.03. The molecule has 2 aliphatic rings. The third-order valence-corrected chi connectivity index (χ3v) is 7.43. The Hall–Kier alpha value is -2.84. The molecule has 0 bridgehead atoms. The van der Waals surface area contributed by atoms with Gasteiger partial charge in [-0.1, -0.05) is 36.5 Å². The summed E-state index contributed by atoms with van der Waals surface area (Å²) in [4.78, 5) is 19.3. The third-order valence-electron chi connectivity index (χ3n) is 6.32. The Morgan fingerprint density at radius 1 is 1.12 bits per heavy atom. The molecule has 2 aromatic heterocycles. The molecule has 1 N–H and O–H groups in total. The standard InChI is InChI=1S/C25H30N6OS/c1-3-20-15-31(14-17(2)32-20)23-12-21(28-16-29-23)24(26)19-8-6-7-18(11-19)22-13-27-25(33-22)30-9-4-5-10-30/h6-8,11-13,16-17,20,26H,3-5,9-10,14-15H2,1-2H3/t17-,20+/m0/s1. The number of nitrogens with one attached hydrogen (secondary N) is 1. The number of nitrogens with zero attached hydrogens (tertiary/aromatic N) is 5. The van der Waals surface area contributed by atoms with Gasteiger partial charge in [0.05, 0.1) is 28.5 Å². The fraction of sp³-hybridized carbons (Fsp3) is 0.440. The Kier molecular flexibility index (Phi) is 6.37. The van der Waals surface area contributed by atoms with Crippen LogP contribution < -0.4 is 9.80 Å². The Morgan fingerprint density at radius 3 is 2.79 bits per heavy atom. The van der Waals surface area contributed by atoms with Gasteiger partial charge in [-0.2, -0.15) is 0 Å². The predicted octanol–water partition coefficient (Wildman–Crippen LogP) is 4.62. The van der Waals surface area contributed by atoms with Crippen LogP contribution in [0.15, 0.2) is 42.9 Å². The summed E-state index contributed by atoms with van der Waals surface area (Å²) in [5.74, 6) is 0.854. The van der Waals surface area contributed by atoms with E-state index < -0.39 is 0 Å². The Bertz CT molecular complexity index is 1130. The molecule has 2 saturated heterocycles. The molecule has 33 heavy (non-hydrogen) atoms. The molecule has 2 atom stereocenters. The number of ether oxygens (including phenoxy) is 1. The molecule has 7 nitrogen and oxygen atoms in total. The van der Waals surface area contributed by atoms with Gasteiger partial charge in [0.2, 0.25) is 0 Å². The van der Waals surface area contributed by atoms with Gasteiger partial charge < -0.3 is 14.5 Å². The van der Waals surface area contributed by atoms with E-state index >= 15 is 0 Å². The van der Waals surface area contributed by atoms with E-state index in [1.54, 1.807) is 17.7 Å². The highest BCUT2D eigenvalue weighted by Gasteiger charge is 2.25. The number of thiazole rings is 1. The minimum absolute atomic E-state index is 0.156. The summed E-state index contributed by atoms with van der Waals surface area (Å²) in [5, 5.41) is 9.93. The van der Waals surface area contributed by atoms with Crippen molar-refractivity contribution in [1.29, 1.82) is 5.41 Å². The topological polar surface area (TPSA) is 78.2 Å². The molecular formula is C25H30N6OS. The maximum absolute atomic E-state index is 8.84. The lowest BCUT2D eigenvalue weighted by Gasteiger charge is -2.37.